The molecule has 208 valence electrons. The van der Waals surface area contributed by atoms with Crippen LogP contribution in [0.4, 0.5) is 0 Å². The van der Waals surface area contributed by atoms with E-state index in [4.69, 9.17) is 9.97 Å². The molecule has 1 N–H and O–H groups in total. The Kier molecular flexibility index (Phi) is 5.46. The number of rotatable bonds is 4. The van der Waals surface area contributed by atoms with Gasteiger partial charge in [-0.15, -0.1) is 0 Å². The first-order valence-corrected chi connectivity index (χ1v) is 14.7. The highest BCUT2D eigenvalue weighted by Gasteiger charge is 2.21. The molecule has 6 nitrogen and oxygen atoms in total. The van der Waals surface area contributed by atoms with Crippen LogP contribution in [0.15, 0.2) is 146 Å². The average Bonchev–Trinajstić information content (AvgIpc) is 3.62. The molecule has 6 heteroatoms. The number of allylic oxidation sites excluding steroid dienone is 2. The van der Waals surface area contributed by atoms with Crippen LogP contribution in [0.1, 0.15) is 17.3 Å². The van der Waals surface area contributed by atoms with Crippen molar-refractivity contribution in [2.75, 3.05) is 0 Å². The molecule has 9 rings (SSSR count). The summed E-state index contributed by atoms with van der Waals surface area (Å²) in [7, 11) is 0. The van der Waals surface area contributed by atoms with Crippen LogP contribution >= 0.6 is 0 Å². The fraction of sp³-hybridized carbons (Fsp3) is 0.0263. The maximum atomic E-state index is 5.20. The lowest BCUT2D eigenvalue weighted by molar-refractivity contribution is 0.732. The Morgan fingerprint density at radius 2 is 1.39 bits per heavy atom. The van der Waals surface area contributed by atoms with Gasteiger partial charge in [-0.25, -0.2) is 4.98 Å². The van der Waals surface area contributed by atoms with Crippen molar-refractivity contribution >= 4 is 49.4 Å². The van der Waals surface area contributed by atoms with Crippen LogP contribution in [0.3, 0.4) is 0 Å². The summed E-state index contributed by atoms with van der Waals surface area (Å²) >= 11 is 0. The Morgan fingerprint density at radius 3 is 2.32 bits per heavy atom. The minimum absolute atomic E-state index is 0.100. The highest BCUT2D eigenvalue weighted by molar-refractivity contribution is 6.09. The SMILES string of the molecule is C1=CC(c2cccc(-n3c4ccccc4c4ncccc43)n2)NC(c2ccccc2-n2c3ccccc3c3cnccc32)=C1. The van der Waals surface area contributed by atoms with E-state index in [1.165, 1.54) is 5.39 Å². The highest BCUT2D eigenvalue weighted by atomic mass is 15.1. The van der Waals surface area contributed by atoms with Crippen molar-refractivity contribution in [2.45, 2.75) is 6.04 Å². The van der Waals surface area contributed by atoms with E-state index in [2.05, 4.69) is 141 Å². The molecule has 5 aromatic heterocycles. The van der Waals surface area contributed by atoms with Crippen molar-refractivity contribution in [3.05, 3.63) is 157 Å². The molecule has 0 amide bonds. The van der Waals surface area contributed by atoms with Crippen molar-refractivity contribution in [2.24, 2.45) is 0 Å². The van der Waals surface area contributed by atoms with Gasteiger partial charge < -0.3 is 9.88 Å². The summed E-state index contributed by atoms with van der Waals surface area (Å²) in [5.41, 5.74) is 9.61. The van der Waals surface area contributed by atoms with Gasteiger partial charge in [0.05, 0.1) is 45.0 Å². The minimum Gasteiger partial charge on any atom is -0.373 e. The lowest BCUT2D eigenvalue weighted by Gasteiger charge is -2.24. The number of benzene rings is 3. The summed E-state index contributed by atoms with van der Waals surface area (Å²) in [5, 5.41) is 7.25. The molecule has 6 heterocycles. The third-order valence-corrected chi connectivity index (χ3v) is 8.52. The maximum Gasteiger partial charge on any atom is 0.138 e. The van der Waals surface area contributed by atoms with Crippen LogP contribution in [-0.4, -0.2) is 24.1 Å². The van der Waals surface area contributed by atoms with Crippen molar-refractivity contribution in [1.82, 2.24) is 29.4 Å². The summed E-state index contributed by atoms with van der Waals surface area (Å²) in [6, 6.07) is 37.8. The molecule has 0 radical (unpaired) electrons. The molecule has 8 aromatic rings. The fourth-order valence-electron chi connectivity index (χ4n) is 6.61. The Bertz CT molecular complexity index is 2340. The van der Waals surface area contributed by atoms with Crippen molar-refractivity contribution in [3.8, 4) is 11.5 Å². The summed E-state index contributed by atoms with van der Waals surface area (Å²) in [6.07, 6.45) is 12.1. The number of nitrogens with zero attached hydrogens (tertiary/aromatic N) is 5. The molecule has 0 saturated carbocycles. The van der Waals surface area contributed by atoms with Gasteiger partial charge in [-0.1, -0.05) is 72.8 Å². The van der Waals surface area contributed by atoms with Crippen LogP contribution < -0.4 is 5.32 Å². The standard InChI is InChI=1S/C38H26N6/c1-4-16-32-25(10-1)28-24-39-23-21-35(28)43(32)33-17-5-2-11-26(33)29-13-7-14-30(41-29)31-15-8-20-37(42-31)44-34-18-6-3-12-27(34)38-36(44)19-9-22-40-38/h1-24,30,41H. The second kappa shape index (κ2) is 9.78. The van der Waals surface area contributed by atoms with Gasteiger partial charge in [0.25, 0.3) is 0 Å². The Morgan fingerprint density at radius 1 is 0.614 bits per heavy atom. The Hall–Kier alpha value is -6.01. The zero-order valence-corrected chi connectivity index (χ0v) is 23.7. The van der Waals surface area contributed by atoms with Gasteiger partial charge in [-0.05, 0) is 54.6 Å². The molecule has 1 aliphatic rings. The molecule has 1 aliphatic heterocycles. The molecule has 0 aliphatic carbocycles. The smallest absolute Gasteiger partial charge is 0.138 e. The van der Waals surface area contributed by atoms with Gasteiger partial charge in [0.15, 0.2) is 0 Å². The maximum absolute atomic E-state index is 5.20. The second-order valence-corrected chi connectivity index (χ2v) is 11.0. The first-order valence-electron chi connectivity index (χ1n) is 14.7. The molecular weight excluding hydrogens is 540 g/mol. The molecule has 1 atom stereocenters. The van der Waals surface area contributed by atoms with Crippen molar-refractivity contribution < 1.29 is 0 Å². The molecular formula is C38H26N6. The first kappa shape index (κ1) is 24.6. The van der Waals surface area contributed by atoms with Gasteiger partial charge in [-0.2, -0.15) is 0 Å². The third-order valence-electron chi connectivity index (χ3n) is 8.52. The van der Waals surface area contributed by atoms with Crippen LogP contribution in [0.2, 0.25) is 0 Å². The van der Waals surface area contributed by atoms with Crippen LogP contribution in [0, 0.1) is 0 Å². The predicted molar refractivity (Wildman–Crippen MR) is 178 cm³/mol. The van der Waals surface area contributed by atoms with Gasteiger partial charge in [-0.3, -0.25) is 14.5 Å². The Labute approximate surface area is 253 Å². The number of aromatic nitrogens is 5. The van der Waals surface area contributed by atoms with Crippen molar-refractivity contribution in [1.29, 1.82) is 0 Å². The number of para-hydroxylation sites is 3. The van der Waals surface area contributed by atoms with E-state index < -0.39 is 0 Å². The van der Waals surface area contributed by atoms with E-state index in [1.54, 1.807) is 0 Å². The molecule has 0 saturated heterocycles. The van der Waals surface area contributed by atoms with Crippen molar-refractivity contribution in [3.63, 3.8) is 0 Å². The molecule has 0 spiro atoms. The monoisotopic (exact) mass is 566 g/mol. The molecule has 0 fully saturated rings. The molecule has 3 aromatic carbocycles. The summed E-state index contributed by atoms with van der Waals surface area (Å²) in [4.78, 5) is 14.3. The summed E-state index contributed by atoms with van der Waals surface area (Å²) in [5.74, 6) is 0.868. The zero-order valence-electron chi connectivity index (χ0n) is 23.7. The number of nitrogens with one attached hydrogen (secondary N) is 1. The van der Waals surface area contributed by atoms with E-state index in [9.17, 15) is 0 Å². The lowest BCUT2D eigenvalue weighted by atomic mass is 10.0. The van der Waals surface area contributed by atoms with Gasteiger partial charge in [0.1, 0.15) is 5.82 Å². The Balaban J connectivity index is 1.13. The van der Waals surface area contributed by atoms with Gasteiger partial charge in [0.2, 0.25) is 0 Å². The third kappa shape index (κ3) is 3.71. The zero-order chi connectivity index (χ0) is 29.0. The fourth-order valence-corrected chi connectivity index (χ4v) is 6.61. The largest absolute Gasteiger partial charge is 0.373 e. The number of hydrogen-bond donors (Lipinski definition) is 1. The number of fused-ring (bicyclic) bond motifs is 6. The van der Waals surface area contributed by atoms with E-state index in [-0.39, 0.29) is 6.04 Å². The van der Waals surface area contributed by atoms with Crippen LogP contribution in [0.25, 0.3) is 60.9 Å². The predicted octanol–water partition coefficient (Wildman–Crippen LogP) is 8.31. The molecule has 1 unspecified atom stereocenters. The summed E-state index contributed by atoms with van der Waals surface area (Å²) < 4.78 is 4.55. The van der Waals surface area contributed by atoms with E-state index >= 15 is 0 Å². The first-order chi connectivity index (χ1) is 21.8. The van der Waals surface area contributed by atoms with E-state index in [0.29, 0.717) is 0 Å². The van der Waals surface area contributed by atoms with Gasteiger partial charge in [0, 0.05) is 46.0 Å². The van der Waals surface area contributed by atoms with E-state index in [1.807, 2.05) is 24.7 Å². The number of dihydropyridines is 1. The molecule has 0 bridgehead atoms. The van der Waals surface area contributed by atoms with Crippen LogP contribution in [0.5, 0.6) is 0 Å². The van der Waals surface area contributed by atoms with Gasteiger partial charge >= 0.3 is 0 Å². The number of hydrogen-bond acceptors (Lipinski definition) is 4. The normalized spacial score (nSPS) is 14.8. The lowest BCUT2D eigenvalue weighted by Crippen LogP contribution is -2.22. The minimum atomic E-state index is -0.100. The molecule has 44 heavy (non-hydrogen) atoms. The number of pyridine rings is 3. The van der Waals surface area contributed by atoms with E-state index in [0.717, 1.165) is 66.8 Å². The van der Waals surface area contributed by atoms with Crippen LogP contribution in [-0.2, 0) is 0 Å². The summed E-state index contributed by atoms with van der Waals surface area (Å²) in [6.45, 7) is 0. The quantitative estimate of drug-likeness (QED) is 0.233. The highest BCUT2D eigenvalue weighted by Crippen LogP contribution is 2.35. The topological polar surface area (TPSA) is 60.6 Å². The second-order valence-electron chi connectivity index (χ2n) is 11.0. The average molecular weight is 567 g/mol.